The second-order valence-electron chi connectivity index (χ2n) is 30.5. The van der Waals surface area contributed by atoms with Crippen molar-refractivity contribution in [2.24, 2.45) is 0 Å². The molecule has 3 aliphatic heterocycles. The van der Waals surface area contributed by atoms with Gasteiger partial charge < -0.3 is 14.7 Å². The third-order valence-corrected chi connectivity index (χ3v) is 23.9. The maximum atomic E-state index is 13.2. The summed E-state index contributed by atoms with van der Waals surface area (Å²) in [5.41, 5.74) is 14.1. The summed E-state index contributed by atoms with van der Waals surface area (Å²) in [6, 6.07) is 67.9. The lowest BCUT2D eigenvalue weighted by molar-refractivity contribution is 0.0703. The highest BCUT2D eigenvalue weighted by Crippen LogP contribution is 2.39. The van der Waals surface area contributed by atoms with E-state index in [0.29, 0.717) is 132 Å². The van der Waals surface area contributed by atoms with E-state index in [1.807, 2.05) is 162 Å². The number of tetrazole rings is 3. The molecule has 3 saturated heterocycles. The van der Waals surface area contributed by atoms with E-state index in [4.69, 9.17) is 108 Å². The van der Waals surface area contributed by atoms with Crippen molar-refractivity contribution in [2.45, 2.75) is 75.9 Å². The second kappa shape index (κ2) is 40.7. The SMILES string of the molecule is O=C(Nc1nn[nH]n1)c1ccc(Cn2nc(-c3cc(Cl)cc(Cl)c3)cc2C2CCN(C(=O)c3ccc(Cl)cc3Cl)CC2)cc1.O=C(Nc1nn[nH]n1)c1ccc(Cn2nc(-c3cc(Cl)cc(Cl)c3)cc2C2CCN(C(=O)c3ccccc3)CC2)cc1.O=C(Nc1nn[nH]n1)c1ccc(Cn2nc(-c3cc(Cl)cc(Cl)c3)cc2C2CCN(C(=O)c3ccccc3)CC2)cc1. The Balaban J connectivity index is 0.000000141. The van der Waals surface area contributed by atoms with Crippen molar-refractivity contribution < 1.29 is 28.8 Å². The zero-order valence-corrected chi connectivity index (χ0v) is 73.8. The van der Waals surface area contributed by atoms with Gasteiger partial charge in [-0.15, -0.1) is 15.3 Å². The summed E-state index contributed by atoms with van der Waals surface area (Å²) in [6.45, 7) is 5.23. The number of nitrogens with zero attached hydrogens (tertiary/aromatic N) is 18. The molecule has 38 heteroatoms. The molecule has 6 N–H and O–H groups in total. The van der Waals surface area contributed by atoms with Gasteiger partial charge in [0, 0.05) is 154 Å². The molecule has 0 bridgehead atoms. The minimum absolute atomic E-state index is 0.0558. The van der Waals surface area contributed by atoms with Crippen LogP contribution in [0.25, 0.3) is 33.8 Å². The Morgan fingerprint density at radius 3 is 0.875 bits per heavy atom. The first kappa shape index (κ1) is 88.4. The smallest absolute Gasteiger partial charge is 0.270 e. The van der Waals surface area contributed by atoms with Gasteiger partial charge in [-0.25, -0.2) is 0 Å². The van der Waals surface area contributed by atoms with Gasteiger partial charge in [-0.2, -0.15) is 30.9 Å². The Bertz CT molecular complexity index is 6130. The first-order valence-electron chi connectivity index (χ1n) is 40.6. The molecule has 0 aliphatic carbocycles. The summed E-state index contributed by atoms with van der Waals surface area (Å²) >= 11 is 50.2. The normalized spacial score (nSPS) is 13.7. The van der Waals surface area contributed by atoms with Crippen LogP contribution in [0.15, 0.2) is 224 Å². The highest BCUT2D eigenvalue weighted by Gasteiger charge is 2.33. The Hall–Kier alpha value is -13.0. The van der Waals surface area contributed by atoms with Gasteiger partial charge in [0.2, 0.25) is 0 Å². The summed E-state index contributed by atoms with van der Waals surface area (Å²) in [4.78, 5) is 82.5. The van der Waals surface area contributed by atoms with E-state index in [1.54, 1.807) is 72.8 Å². The number of nitrogens with one attached hydrogen (secondary N) is 6. The molecule has 128 heavy (non-hydrogen) atoms. The van der Waals surface area contributed by atoms with Crippen molar-refractivity contribution in [3.05, 3.63) is 332 Å². The van der Waals surface area contributed by atoms with Gasteiger partial charge in [-0.1, -0.05) is 181 Å². The van der Waals surface area contributed by atoms with E-state index in [0.717, 1.165) is 106 Å². The molecule has 9 heterocycles. The van der Waals surface area contributed by atoms with Crippen molar-refractivity contribution in [1.29, 1.82) is 0 Å². The number of piperidine rings is 3. The van der Waals surface area contributed by atoms with Gasteiger partial charge in [0.1, 0.15) is 0 Å². The van der Waals surface area contributed by atoms with Gasteiger partial charge in [0.05, 0.1) is 47.3 Å². The lowest BCUT2D eigenvalue weighted by Gasteiger charge is -2.32. The van der Waals surface area contributed by atoms with E-state index in [1.165, 1.54) is 0 Å². The molecular weight excluding hydrogens is 1800 g/mol. The number of amides is 6. The standard InChI is InChI=1S/C30H24Cl4N8O2.2C30H26Cl2N8O2/c31-21-5-6-24(25(34)14-21)29(44)41-9-7-18(8-10-41)27-15-26(20-11-22(32)13-23(33)12-20)38-42(27)16-17-1-3-19(4-2-17)28(43)35-30-36-39-40-37-30;2*31-24-14-23(15-25(32)16-24)26-17-27(20-10-12-39(13-11-20)29(42)22-4-2-1-3-5-22)40(36-26)18-19-6-8-21(9-7-19)28(41)33-30-34-37-38-35-30/h1-6,11-15,18H,7-10,16H2,(H2,35,36,37,39,40,43);2*1-9,14-17,20H,10-13,18H2,(H2,33,34,35,37,38,41). The molecule has 18 rings (SSSR count). The second-order valence-corrected chi connectivity index (χ2v) is 34.0. The number of halogens is 8. The fraction of sp³-hybridized carbons (Fsp3) is 0.200. The number of benzene rings is 9. The fourth-order valence-corrected chi connectivity index (χ4v) is 17.7. The quantitative estimate of drug-likeness (QED) is 0.0389. The molecule has 9 aromatic carbocycles. The van der Waals surface area contributed by atoms with Crippen molar-refractivity contribution in [2.75, 3.05) is 55.2 Å². The highest BCUT2D eigenvalue weighted by atomic mass is 35.5. The summed E-state index contributed by atoms with van der Waals surface area (Å²) < 4.78 is 5.96. The van der Waals surface area contributed by atoms with Crippen LogP contribution in [-0.4, -0.2) is 181 Å². The highest BCUT2D eigenvalue weighted by molar-refractivity contribution is 6.37. The number of likely N-dealkylation sites (tertiary alicyclic amines) is 3. The van der Waals surface area contributed by atoms with Gasteiger partial charge in [-0.3, -0.25) is 58.8 Å². The molecule has 3 fully saturated rings. The molecule has 15 aromatic rings. The third kappa shape index (κ3) is 22.1. The molecule has 0 spiro atoms. The molecule has 3 aliphatic rings. The third-order valence-electron chi connectivity index (χ3n) is 22.1. The molecule has 0 unspecified atom stereocenters. The summed E-state index contributed by atoms with van der Waals surface area (Å²) in [5, 5.41) is 66.3. The van der Waals surface area contributed by atoms with Crippen molar-refractivity contribution in [3.63, 3.8) is 0 Å². The predicted molar refractivity (Wildman–Crippen MR) is 489 cm³/mol. The lowest BCUT2D eigenvalue weighted by atomic mass is 9.92. The van der Waals surface area contributed by atoms with Gasteiger partial charge in [-0.05, 0) is 223 Å². The van der Waals surface area contributed by atoms with Crippen LogP contribution in [-0.2, 0) is 19.6 Å². The average molecular weight is 1870 g/mol. The molecule has 6 aromatic heterocycles. The maximum absolute atomic E-state index is 13.2. The summed E-state index contributed by atoms with van der Waals surface area (Å²) in [5.74, 6) is -0.142. The molecule has 0 radical (unpaired) electrons. The molecule has 30 nitrogen and oxygen atoms in total. The average Bonchev–Trinajstić information content (AvgIpc) is 1.67. The van der Waals surface area contributed by atoms with E-state index >= 15 is 0 Å². The number of carbonyl (C=O) groups is 6. The van der Waals surface area contributed by atoms with Crippen LogP contribution in [0.4, 0.5) is 17.8 Å². The number of hydrogen-bond acceptors (Lipinski definition) is 18. The van der Waals surface area contributed by atoms with Crippen LogP contribution in [0.3, 0.4) is 0 Å². The monoisotopic (exact) mass is 1870 g/mol. The topological polar surface area (TPSA) is 365 Å². The number of aromatic nitrogens is 18. The number of H-pyrrole nitrogens is 3. The van der Waals surface area contributed by atoms with E-state index in [2.05, 4.69) is 96.0 Å². The van der Waals surface area contributed by atoms with Crippen molar-refractivity contribution >= 4 is 146 Å². The maximum Gasteiger partial charge on any atom is 0.270 e. The first-order chi connectivity index (χ1) is 62.1. The fourth-order valence-electron chi connectivity index (χ4n) is 15.7. The molecule has 0 atom stereocenters. The molecule has 6 amide bonds. The minimum atomic E-state index is -0.348. The zero-order valence-electron chi connectivity index (χ0n) is 67.7. The number of anilines is 3. The molecular formula is C90H76Cl8N24O6. The Morgan fingerprint density at radius 1 is 0.312 bits per heavy atom. The number of rotatable bonds is 21. The number of aromatic amines is 3. The van der Waals surface area contributed by atoms with E-state index in [9.17, 15) is 28.8 Å². The van der Waals surface area contributed by atoms with Gasteiger partial charge >= 0.3 is 0 Å². The van der Waals surface area contributed by atoms with Crippen molar-refractivity contribution in [1.82, 2.24) is 106 Å². The largest absolute Gasteiger partial charge is 0.339 e. The zero-order chi connectivity index (χ0) is 88.9. The van der Waals surface area contributed by atoms with Crippen LogP contribution in [0, 0.1) is 0 Å². The Morgan fingerprint density at radius 2 is 0.602 bits per heavy atom. The van der Waals surface area contributed by atoms with Crippen molar-refractivity contribution in [3.8, 4) is 33.8 Å². The van der Waals surface area contributed by atoms with Crippen LogP contribution in [0.2, 0.25) is 40.2 Å². The van der Waals surface area contributed by atoms with E-state index in [-0.39, 0.29) is 71.0 Å². The molecule has 648 valence electrons. The summed E-state index contributed by atoms with van der Waals surface area (Å²) in [7, 11) is 0. The van der Waals surface area contributed by atoms with Crippen LogP contribution >= 0.6 is 92.8 Å². The first-order valence-corrected chi connectivity index (χ1v) is 43.6. The number of hydrogen-bond donors (Lipinski definition) is 6. The number of carbonyl (C=O) groups excluding carboxylic acids is 6. The molecule has 0 saturated carbocycles. The van der Waals surface area contributed by atoms with Crippen LogP contribution in [0.1, 0.15) is 152 Å². The summed E-state index contributed by atoms with van der Waals surface area (Å²) in [6.07, 6.45) is 4.75. The lowest BCUT2D eigenvalue weighted by Crippen LogP contribution is -2.38. The predicted octanol–water partition coefficient (Wildman–Crippen LogP) is 18.4. The Kier molecular flexibility index (Phi) is 28.1. The van der Waals surface area contributed by atoms with Gasteiger partial charge in [0.25, 0.3) is 53.3 Å². The van der Waals surface area contributed by atoms with Crippen LogP contribution < -0.4 is 16.0 Å². The Labute approximate surface area is 771 Å². The van der Waals surface area contributed by atoms with Gasteiger partial charge in [0.15, 0.2) is 0 Å². The van der Waals surface area contributed by atoms with E-state index < -0.39 is 0 Å². The minimum Gasteiger partial charge on any atom is -0.339 e. The van der Waals surface area contributed by atoms with Crippen LogP contribution in [0.5, 0.6) is 0 Å².